The van der Waals surface area contributed by atoms with Gasteiger partial charge in [-0.25, -0.2) is 4.79 Å². The van der Waals surface area contributed by atoms with Crippen molar-refractivity contribution in [2.24, 2.45) is 0 Å². The third-order valence-corrected chi connectivity index (χ3v) is 7.27. The van der Waals surface area contributed by atoms with E-state index >= 15 is 0 Å². The summed E-state index contributed by atoms with van der Waals surface area (Å²) in [7, 11) is 4.40. The van der Waals surface area contributed by atoms with E-state index in [1.165, 1.54) is 11.1 Å². The minimum Gasteiger partial charge on any atom is -0.318 e. The molecule has 0 unspecified atom stereocenters. The highest BCUT2D eigenvalue weighted by molar-refractivity contribution is 5.78. The number of carbonyl (C=O) groups excluding carboxylic acids is 1. The van der Waals surface area contributed by atoms with Crippen molar-refractivity contribution in [1.29, 1.82) is 0 Å². The normalized spacial score (nSPS) is 27.2. The average Bonchev–Trinajstić information content (AvgIpc) is 3.00. The molecule has 2 aromatic rings. The monoisotopic (exact) mass is 391 g/mol. The van der Waals surface area contributed by atoms with E-state index in [1.54, 1.807) is 0 Å². The van der Waals surface area contributed by atoms with E-state index in [4.69, 9.17) is 0 Å². The van der Waals surface area contributed by atoms with E-state index in [9.17, 15) is 4.79 Å². The van der Waals surface area contributed by atoms with Crippen molar-refractivity contribution in [3.05, 3.63) is 71.8 Å². The second-order valence-corrected chi connectivity index (χ2v) is 8.88. The molecule has 154 valence electrons. The Balaban J connectivity index is 1.56. The molecule has 2 fully saturated rings. The fourth-order valence-corrected chi connectivity index (χ4v) is 5.58. The number of amides is 2. The van der Waals surface area contributed by atoms with Gasteiger partial charge in [-0.15, -0.1) is 0 Å². The number of benzene rings is 2. The van der Waals surface area contributed by atoms with Gasteiger partial charge in [0.2, 0.25) is 0 Å². The predicted octanol–water partition coefficient (Wildman–Crippen LogP) is 4.71. The standard InChI is InChI=1S/C25H33N3O/c1-4-28-23(29)27(19-21-11-7-5-8-12-21)20-24(28)15-17-25(18-16-24,26(2)3)22-13-9-6-10-14-22/h5-14H,4,15-20H2,1-3H3. The van der Waals surface area contributed by atoms with Gasteiger partial charge in [-0.1, -0.05) is 60.7 Å². The van der Waals surface area contributed by atoms with Crippen molar-refractivity contribution in [1.82, 2.24) is 14.7 Å². The van der Waals surface area contributed by atoms with Gasteiger partial charge in [-0.05, 0) is 57.8 Å². The molecule has 1 aliphatic heterocycles. The molecule has 2 aliphatic rings. The summed E-state index contributed by atoms with van der Waals surface area (Å²) < 4.78 is 0. The summed E-state index contributed by atoms with van der Waals surface area (Å²) in [5.41, 5.74) is 2.63. The summed E-state index contributed by atoms with van der Waals surface area (Å²) in [5.74, 6) is 0. The molecular weight excluding hydrogens is 358 g/mol. The maximum Gasteiger partial charge on any atom is 0.320 e. The molecular formula is C25H33N3O. The van der Waals surface area contributed by atoms with E-state index in [2.05, 4.69) is 90.3 Å². The quantitative estimate of drug-likeness (QED) is 0.738. The lowest BCUT2D eigenvalue weighted by Crippen LogP contribution is -2.55. The summed E-state index contributed by atoms with van der Waals surface area (Å²) >= 11 is 0. The van der Waals surface area contributed by atoms with Crippen LogP contribution in [0.25, 0.3) is 0 Å². The third-order valence-electron chi connectivity index (χ3n) is 7.27. The van der Waals surface area contributed by atoms with Crippen molar-refractivity contribution in [2.45, 2.75) is 50.2 Å². The van der Waals surface area contributed by atoms with Crippen molar-refractivity contribution < 1.29 is 4.79 Å². The smallest absolute Gasteiger partial charge is 0.318 e. The lowest BCUT2D eigenvalue weighted by atomic mass is 9.68. The minimum absolute atomic E-state index is 0.0328. The van der Waals surface area contributed by atoms with Gasteiger partial charge in [0.25, 0.3) is 0 Å². The van der Waals surface area contributed by atoms with Crippen molar-refractivity contribution in [3.8, 4) is 0 Å². The van der Waals surface area contributed by atoms with Gasteiger partial charge in [-0.3, -0.25) is 4.90 Å². The Morgan fingerprint density at radius 2 is 1.48 bits per heavy atom. The highest BCUT2D eigenvalue weighted by Gasteiger charge is 2.53. The lowest BCUT2D eigenvalue weighted by molar-refractivity contribution is 0.0261. The second kappa shape index (κ2) is 7.83. The van der Waals surface area contributed by atoms with Gasteiger partial charge in [-0.2, -0.15) is 0 Å². The fourth-order valence-electron chi connectivity index (χ4n) is 5.58. The van der Waals surface area contributed by atoms with Gasteiger partial charge in [0, 0.05) is 25.2 Å². The Bertz CT molecular complexity index is 826. The summed E-state index contributed by atoms with van der Waals surface area (Å²) in [4.78, 5) is 19.8. The van der Waals surface area contributed by atoms with Crippen molar-refractivity contribution >= 4 is 6.03 Å². The van der Waals surface area contributed by atoms with Crippen molar-refractivity contribution in [3.63, 3.8) is 0 Å². The number of nitrogens with zero attached hydrogens (tertiary/aromatic N) is 3. The van der Waals surface area contributed by atoms with E-state index in [-0.39, 0.29) is 17.1 Å². The van der Waals surface area contributed by atoms with Gasteiger partial charge in [0.15, 0.2) is 0 Å². The Hall–Kier alpha value is -2.33. The number of carbonyl (C=O) groups is 1. The minimum atomic E-state index is -0.0328. The molecule has 1 spiro atoms. The molecule has 1 aliphatic carbocycles. The number of likely N-dealkylation sites (N-methyl/N-ethyl adjacent to an activating group) is 1. The third kappa shape index (κ3) is 3.44. The highest BCUT2D eigenvalue weighted by Crippen LogP contribution is 2.48. The van der Waals surface area contributed by atoms with Crippen LogP contribution in [0.5, 0.6) is 0 Å². The topological polar surface area (TPSA) is 26.8 Å². The summed E-state index contributed by atoms with van der Waals surface area (Å²) in [5, 5.41) is 0. The summed E-state index contributed by atoms with van der Waals surface area (Å²) in [6.07, 6.45) is 4.25. The molecule has 4 heteroatoms. The lowest BCUT2D eigenvalue weighted by Gasteiger charge is -2.51. The number of hydrogen-bond donors (Lipinski definition) is 0. The molecule has 1 saturated heterocycles. The molecule has 2 amide bonds. The van der Waals surface area contributed by atoms with Crippen LogP contribution >= 0.6 is 0 Å². The zero-order valence-electron chi connectivity index (χ0n) is 18.0. The maximum absolute atomic E-state index is 13.2. The first-order valence-electron chi connectivity index (χ1n) is 10.8. The van der Waals surface area contributed by atoms with E-state index in [0.717, 1.165) is 38.8 Å². The van der Waals surface area contributed by atoms with Crippen LogP contribution in [-0.2, 0) is 12.1 Å². The van der Waals surface area contributed by atoms with Crippen LogP contribution in [0.15, 0.2) is 60.7 Å². The number of hydrogen-bond acceptors (Lipinski definition) is 2. The largest absolute Gasteiger partial charge is 0.320 e. The van der Waals surface area contributed by atoms with Crippen LogP contribution in [0.3, 0.4) is 0 Å². The maximum atomic E-state index is 13.2. The zero-order valence-corrected chi connectivity index (χ0v) is 18.0. The van der Waals surface area contributed by atoms with Crippen LogP contribution < -0.4 is 0 Å². The van der Waals surface area contributed by atoms with Gasteiger partial charge < -0.3 is 9.80 Å². The SMILES string of the molecule is CCN1C(=O)N(Cc2ccccc2)CC12CCC(c1ccccc1)(N(C)C)CC2. The van der Waals surface area contributed by atoms with Gasteiger partial charge >= 0.3 is 6.03 Å². The van der Waals surface area contributed by atoms with Gasteiger partial charge in [0.1, 0.15) is 0 Å². The molecule has 1 heterocycles. The molecule has 4 rings (SSSR count). The van der Waals surface area contributed by atoms with Crippen LogP contribution in [0.2, 0.25) is 0 Å². The van der Waals surface area contributed by atoms with Crippen LogP contribution in [0.4, 0.5) is 4.79 Å². The number of rotatable bonds is 5. The first-order chi connectivity index (χ1) is 14.0. The Morgan fingerprint density at radius 1 is 0.897 bits per heavy atom. The summed E-state index contributed by atoms with van der Waals surface area (Å²) in [6, 6.07) is 21.5. The Morgan fingerprint density at radius 3 is 2.03 bits per heavy atom. The number of urea groups is 1. The van der Waals surface area contributed by atoms with Crippen LogP contribution in [-0.4, -0.2) is 53.5 Å². The fraction of sp³-hybridized carbons (Fsp3) is 0.480. The zero-order chi connectivity index (χ0) is 20.5. The van der Waals surface area contributed by atoms with E-state index in [0.29, 0.717) is 6.54 Å². The van der Waals surface area contributed by atoms with E-state index < -0.39 is 0 Å². The highest BCUT2D eigenvalue weighted by atomic mass is 16.2. The molecule has 0 aromatic heterocycles. The Kier molecular flexibility index (Phi) is 5.39. The van der Waals surface area contributed by atoms with Crippen LogP contribution in [0, 0.1) is 0 Å². The molecule has 2 aromatic carbocycles. The Labute approximate surface area is 175 Å². The first-order valence-corrected chi connectivity index (χ1v) is 10.8. The van der Waals surface area contributed by atoms with E-state index in [1.807, 2.05) is 6.07 Å². The van der Waals surface area contributed by atoms with Gasteiger partial charge in [0.05, 0.1) is 5.54 Å². The molecule has 1 saturated carbocycles. The predicted molar refractivity (Wildman–Crippen MR) is 118 cm³/mol. The summed E-state index contributed by atoms with van der Waals surface area (Å²) in [6.45, 7) is 4.45. The molecule has 0 radical (unpaired) electrons. The molecule has 0 bridgehead atoms. The van der Waals surface area contributed by atoms with Crippen molar-refractivity contribution in [2.75, 3.05) is 27.2 Å². The first kappa shape index (κ1) is 20.0. The second-order valence-electron chi connectivity index (χ2n) is 8.88. The average molecular weight is 392 g/mol. The molecule has 29 heavy (non-hydrogen) atoms. The molecule has 0 atom stereocenters. The van der Waals surface area contributed by atoms with Crippen LogP contribution in [0.1, 0.15) is 43.7 Å². The molecule has 4 nitrogen and oxygen atoms in total. The molecule has 0 N–H and O–H groups in total.